The highest BCUT2D eigenvalue weighted by molar-refractivity contribution is 7.99. The van der Waals surface area contributed by atoms with Gasteiger partial charge in [-0.25, -0.2) is 4.98 Å². The first-order chi connectivity index (χ1) is 17.2. The zero-order chi connectivity index (χ0) is 24.0. The summed E-state index contributed by atoms with van der Waals surface area (Å²) in [7, 11) is 0. The van der Waals surface area contributed by atoms with E-state index in [4.69, 9.17) is 4.98 Å². The third kappa shape index (κ3) is 5.49. The van der Waals surface area contributed by atoms with Gasteiger partial charge in [-0.2, -0.15) is 0 Å². The molecule has 1 saturated heterocycles. The number of hydrogen-bond acceptors (Lipinski definition) is 6. The molecule has 7 nitrogen and oxygen atoms in total. The van der Waals surface area contributed by atoms with Crippen molar-refractivity contribution in [2.75, 3.05) is 38.5 Å². The van der Waals surface area contributed by atoms with Gasteiger partial charge in [0.1, 0.15) is 5.52 Å². The lowest BCUT2D eigenvalue weighted by molar-refractivity contribution is -0.133. The lowest BCUT2D eigenvalue weighted by Crippen LogP contribution is -2.48. The van der Waals surface area contributed by atoms with E-state index in [9.17, 15) is 4.79 Å². The normalized spacial score (nSPS) is 14.7. The Morgan fingerprint density at radius 1 is 0.943 bits per heavy atom. The number of rotatable bonds is 9. The maximum atomic E-state index is 12.5. The summed E-state index contributed by atoms with van der Waals surface area (Å²) in [5.41, 5.74) is 4.06. The second-order valence-corrected chi connectivity index (χ2v) is 10.0. The summed E-state index contributed by atoms with van der Waals surface area (Å²) >= 11 is 1.62. The summed E-state index contributed by atoms with van der Waals surface area (Å²) < 4.78 is 2.23. The van der Waals surface area contributed by atoms with Crippen LogP contribution in [0.3, 0.4) is 0 Å². The number of aromatic nitrogens is 4. The number of amides is 1. The molecule has 1 aliphatic heterocycles. The molecule has 1 amide bonds. The molecule has 3 heterocycles. The average Bonchev–Trinajstić information content (AvgIpc) is 3.22. The molecular weight excluding hydrogens is 456 g/mol. The predicted molar refractivity (Wildman–Crippen MR) is 142 cm³/mol. The van der Waals surface area contributed by atoms with Crippen molar-refractivity contribution < 1.29 is 4.79 Å². The fraction of sp³-hybridized carbons (Fsp3) is 0.407. The number of para-hydroxylation sites is 1. The zero-order valence-electron chi connectivity index (χ0n) is 20.3. The van der Waals surface area contributed by atoms with E-state index in [0.717, 1.165) is 79.9 Å². The van der Waals surface area contributed by atoms with Crippen molar-refractivity contribution in [1.82, 2.24) is 29.5 Å². The maximum absolute atomic E-state index is 12.5. The van der Waals surface area contributed by atoms with Crippen LogP contribution in [0.25, 0.3) is 22.1 Å². The molecule has 5 rings (SSSR count). The Morgan fingerprint density at radius 2 is 1.71 bits per heavy atom. The molecule has 0 atom stereocenters. The molecule has 0 aliphatic carbocycles. The number of piperazine rings is 1. The molecule has 2 aromatic heterocycles. The SMILES string of the molecule is CCN1CCN(C(=O)CCCCSc2nnc3c4ccccc4n(Cc4ccccc4)c3n2)CC1. The Hall–Kier alpha value is -2.97. The van der Waals surface area contributed by atoms with Gasteiger partial charge in [-0.1, -0.05) is 67.2 Å². The molecule has 1 aliphatic rings. The first kappa shape index (κ1) is 23.8. The first-order valence-corrected chi connectivity index (χ1v) is 13.5. The lowest BCUT2D eigenvalue weighted by Gasteiger charge is -2.34. The fourth-order valence-corrected chi connectivity index (χ4v) is 5.47. The second kappa shape index (κ2) is 11.2. The Morgan fingerprint density at radius 3 is 2.51 bits per heavy atom. The minimum Gasteiger partial charge on any atom is -0.340 e. The monoisotopic (exact) mass is 488 g/mol. The number of benzene rings is 2. The number of hydrogen-bond donors (Lipinski definition) is 0. The number of likely N-dealkylation sites (N-methyl/N-ethyl adjacent to an activating group) is 1. The Balaban J connectivity index is 1.21. The fourth-order valence-electron chi connectivity index (χ4n) is 4.69. The molecule has 0 unspecified atom stereocenters. The second-order valence-electron chi connectivity index (χ2n) is 8.98. The molecule has 35 heavy (non-hydrogen) atoms. The van der Waals surface area contributed by atoms with Crippen molar-refractivity contribution in [2.24, 2.45) is 0 Å². The van der Waals surface area contributed by atoms with E-state index < -0.39 is 0 Å². The molecular formula is C27H32N6OS. The van der Waals surface area contributed by atoms with E-state index >= 15 is 0 Å². The van der Waals surface area contributed by atoms with Gasteiger partial charge in [0.15, 0.2) is 5.65 Å². The van der Waals surface area contributed by atoms with E-state index in [-0.39, 0.29) is 5.91 Å². The third-order valence-corrected chi connectivity index (χ3v) is 7.65. The van der Waals surface area contributed by atoms with Gasteiger partial charge >= 0.3 is 0 Å². The Kier molecular flexibility index (Phi) is 7.59. The summed E-state index contributed by atoms with van der Waals surface area (Å²) in [6.45, 7) is 7.68. The zero-order valence-corrected chi connectivity index (χ0v) is 21.1. The van der Waals surface area contributed by atoms with Crippen LogP contribution in [0.5, 0.6) is 0 Å². The van der Waals surface area contributed by atoms with Gasteiger partial charge in [0, 0.05) is 50.3 Å². The van der Waals surface area contributed by atoms with Crippen LogP contribution in [0.4, 0.5) is 0 Å². The van der Waals surface area contributed by atoms with E-state index in [1.54, 1.807) is 11.8 Å². The summed E-state index contributed by atoms with van der Waals surface area (Å²) in [6, 6.07) is 18.7. The summed E-state index contributed by atoms with van der Waals surface area (Å²) in [5.74, 6) is 1.17. The highest BCUT2D eigenvalue weighted by atomic mass is 32.2. The molecule has 0 saturated carbocycles. The molecule has 8 heteroatoms. The Bertz CT molecular complexity index is 1280. The van der Waals surface area contributed by atoms with Crippen LogP contribution < -0.4 is 0 Å². The average molecular weight is 489 g/mol. The van der Waals surface area contributed by atoms with Crippen molar-refractivity contribution in [2.45, 2.75) is 37.9 Å². The van der Waals surface area contributed by atoms with Crippen LogP contribution in [-0.4, -0.2) is 73.9 Å². The molecule has 1 fully saturated rings. The van der Waals surface area contributed by atoms with E-state index in [0.29, 0.717) is 11.6 Å². The largest absolute Gasteiger partial charge is 0.340 e. The van der Waals surface area contributed by atoms with Crippen molar-refractivity contribution >= 4 is 39.7 Å². The summed E-state index contributed by atoms with van der Waals surface area (Å²) in [5, 5.41) is 10.7. The molecule has 182 valence electrons. The van der Waals surface area contributed by atoms with Crippen LogP contribution in [-0.2, 0) is 11.3 Å². The summed E-state index contributed by atoms with van der Waals surface area (Å²) in [6.07, 6.45) is 2.47. The molecule has 0 bridgehead atoms. The van der Waals surface area contributed by atoms with Crippen LogP contribution in [0.15, 0.2) is 59.8 Å². The van der Waals surface area contributed by atoms with Gasteiger partial charge in [-0.15, -0.1) is 10.2 Å². The lowest BCUT2D eigenvalue weighted by atomic mass is 10.2. The van der Waals surface area contributed by atoms with Crippen molar-refractivity contribution in [3.05, 3.63) is 60.2 Å². The third-order valence-electron chi connectivity index (χ3n) is 6.73. The summed E-state index contributed by atoms with van der Waals surface area (Å²) in [4.78, 5) is 21.8. The molecule has 0 spiro atoms. The van der Waals surface area contributed by atoms with Crippen LogP contribution in [0, 0.1) is 0 Å². The number of nitrogens with zero attached hydrogens (tertiary/aromatic N) is 6. The van der Waals surface area contributed by atoms with Gasteiger partial charge in [-0.05, 0) is 31.0 Å². The van der Waals surface area contributed by atoms with Crippen molar-refractivity contribution in [3.8, 4) is 0 Å². The van der Waals surface area contributed by atoms with E-state index in [1.807, 2.05) is 17.0 Å². The highest BCUT2D eigenvalue weighted by Crippen LogP contribution is 2.28. The smallest absolute Gasteiger partial charge is 0.222 e. The van der Waals surface area contributed by atoms with E-state index in [1.165, 1.54) is 5.56 Å². The van der Waals surface area contributed by atoms with Crippen molar-refractivity contribution in [3.63, 3.8) is 0 Å². The number of carbonyl (C=O) groups is 1. The number of carbonyl (C=O) groups excluding carboxylic acids is 1. The molecule has 0 radical (unpaired) electrons. The number of fused-ring (bicyclic) bond motifs is 3. The Labute approximate surface area is 210 Å². The van der Waals surface area contributed by atoms with E-state index in [2.05, 4.69) is 69.1 Å². The molecule has 0 N–H and O–H groups in total. The molecule has 4 aromatic rings. The minimum absolute atomic E-state index is 0.288. The van der Waals surface area contributed by atoms with Crippen LogP contribution >= 0.6 is 11.8 Å². The maximum Gasteiger partial charge on any atom is 0.222 e. The first-order valence-electron chi connectivity index (χ1n) is 12.5. The van der Waals surface area contributed by atoms with Gasteiger partial charge in [-0.3, -0.25) is 4.79 Å². The van der Waals surface area contributed by atoms with Crippen molar-refractivity contribution in [1.29, 1.82) is 0 Å². The topological polar surface area (TPSA) is 67.2 Å². The van der Waals surface area contributed by atoms with Gasteiger partial charge < -0.3 is 14.4 Å². The van der Waals surface area contributed by atoms with Gasteiger partial charge in [0.25, 0.3) is 0 Å². The standard InChI is InChI=1S/C27H32N6OS/c1-2-31-15-17-32(18-16-31)24(34)14-8-9-19-35-27-28-26-25(29-30-27)22-12-6-7-13-23(22)33(26)20-21-10-4-3-5-11-21/h3-7,10-13H,2,8-9,14-20H2,1H3. The van der Waals surface area contributed by atoms with Gasteiger partial charge in [0.05, 0.1) is 5.52 Å². The highest BCUT2D eigenvalue weighted by Gasteiger charge is 2.19. The predicted octanol–water partition coefficient (Wildman–Crippen LogP) is 4.45. The number of unbranched alkanes of at least 4 members (excludes halogenated alkanes) is 1. The number of thioether (sulfide) groups is 1. The van der Waals surface area contributed by atoms with Crippen LogP contribution in [0.1, 0.15) is 31.7 Å². The molecule has 2 aromatic carbocycles. The minimum atomic E-state index is 0.288. The quantitative estimate of drug-likeness (QED) is 0.256. The van der Waals surface area contributed by atoms with Crippen LogP contribution in [0.2, 0.25) is 0 Å². The van der Waals surface area contributed by atoms with Gasteiger partial charge in [0.2, 0.25) is 11.1 Å².